The molecule has 0 saturated heterocycles. The van der Waals surface area contributed by atoms with Crippen LogP contribution in [0.5, 0.6) is 0 Å². The van der Waals surface area contributed by atoms with Crippen molar-refractivity contribution in [1.29, 1.82) is 0 Å². The highest BCUT2D eigenvalue weighted by Crippen LogP contribution is 2.24. The molecule has 0 fully saturated rings. The van der Waals surface area contributed by atoms with E-state index in [4.69, 9.17) is 5.73 Å². The van der Waals surface area contributed by atoms with Crippen LogP contribution in [-0.4, -0.2) is 42.5 Å². The Bertz CT molecular complexity index is 818. The molecule has 0 aliphatic heterocycles. The Labute approximate surface area is 146 Å². The molecule has 0 unspecified atom stereocenters. The molecule has 0 aliphatic rings. The molecule has 0 radical (unpaired) electrons. The highest BCUT2D eigenvalue weighted by molar-refractivity contribution is 5.87. The van der Waals surface area contributed by atoms with E-state index in [1.165, 1.54) is 0 Å². The largest absolute Gasteiger partial charge is 0.394 e. The first kappa shape index (κ1) is 17.1. The molecular weight excluding hydrogens is 318 g/mol. The van der Waals surface area contributed by atoms with Gasteiger partial charge in [-0.05, 0) is 24.6 Å². The zero-order chi connectivity index (χ0) is 17.6. The van der Waals surface area contributed by atoms with Gasteiger partial charge in [0.05, 0.1) is 30.4 Å². The van der Waals surface area contributed by atoms with Gasteiger partial charge in [0.15, 0.2) is 5.82 Å². The van der Waals surface area contributed by atoms with Crippen LogP contribution >= 0.6 is 0 Å². The fourth-order valence-corrected chi connectivity index (χ4v) is 2.80. The minimum absolute atomic E-state index is 0.0380. The molecule has 0 spiro atoms. The Hall–Kier alpha value is -2.74. The van der Waals surface area contributed by atoms with E-state index < -0.39 is 0 Å². The zero-order valence-corrected chi connectivity index (χ0v) is 14.3. The fraction of sp³-hybridized carbons (Fsp3) is 0.412. The number of aliphatic hydroxyl groups excluding tert-OH is 1. The van der Waals surface area contributed by atoms with E-state index in [2.05, 4.69) is 32.4 Å². The first-order valence-electron chi connectivity index (χ1n) is 8.47. The molecule has 0 bridgehead atoms. The normalized spacial score (nSPS) is 12.4. The number of hydrogen-bond acceptors (Lipinski definition) is 7. The van der Waals surface area contributed by atoms with Crippen molar-refractivity contribution >= 4 is 22.8 Å². The monoisotopic (exact) mass is 341 g/mol. The number of nitrogens with one attached hydrogen (secondary N) is 1. The predicted octanol–water partition coefficient (Wildman–Crippen LogP) is 1.81. The topological polar surface area (TPSA) is 115 Å². The number of anilines is 2. The summed E-state index contributed by atoms with van der Waals surface area (Å²) in [6.45, 7) is 2.72. The molecule has 3 aromatic rings. The van der Waals surface area contributed by atoms with Gasteiger partial charge in [-0.3, -0.25) is 0 Å². The molecule has 4 N–H and O–H groups in total. The Morgan fingerprint density at radius 1 is 1.32 bits per heavy atom. The molecule has 3 rings (SSSR count). The Morgan fingerprint density at radius 3 is 2.92 bits per heavy atom. The van der Waals surface area contributed by atoms with E-state index >= 15 is 0 Å². The summed E-state index contributed by atoms with van der Waals surface area (Å²) in [5.74, 6) is 0.839. The third kappa shape index (κ3) is 4.03. The molecular formula is C17H23N7O. The van der Waals surface area contributed by atoms with Crippen LogP contribution < -0.4 is 11.1 Å². The molecule has 25 heavy (non-hydrogen) atoms. The first-order chi connectivity index (χ1) is 12.2. The number of fused-ring (bicyclic) bond motifs is 1. The van der Waals surface area contributed by atoms with Crippen molar-refractivity contribution in [3.63, 3.8) is 0 Å². The summed E-state index contributed by atoms with van der Waals surface area (Å²) in [6.07, 6.45) is 6.54. The molecule has 0 aliphatic carbocycles. The molecule has 1 atom stereocenters. The van der Waals surface area contributed by atoms with Gasteiger partial charge in [-0.15, -0.1) is 0 Å². The van der Waals surface area contributed by atoms with E-state index in [9.17, 15) is 5.11 Å². The highest BCUT2D eigenvalue weighted by atomic mass is 16.3. The summed E-state index contributed by atoms with van der Waals surface area (Å²) in [7, 11) is 0. The van der Waals surface area contributed by atoms with Crippen molar-refractivity contribution in [3.8, 4) is 0 Å². The third-order valence-electron chi connectivity index (χ3n) is 4.06. The lowest BCUT2D eigenvalue weighted by Gasteiger charge is -2.18. The number of rotatable bonds is 8. The maximum atomic E-state index is 9.65. The lowest BCUT2D eigenvalue weighted by molar-refractivity contribution is 0.267. The van der Waals surface area contributed by atoms with E-state index in [1.807, 2.05) is 29.0 Å². The number of nitrogens with two attached hydrogens (primary N) is 1. The number of aliphatic hydroxyl groups is 1. The van der Waals surface area contributed by atoms with Crippen LogP contribution in [-0.2, 0) is 6.54 Å². The van der Waals surface area contributed by atoms with Crippen LogP contribution in [0.3, 0.4) is 0 Å². The zero-order valence-electron chi connectivity index (χ0n) is 14.3. The second-order valence-corrected chi connectivity index (χ2v) is 5.99. The highest BCUT2D eigenvalue weighted by Gasteiger charge is 2.15. The van der Waals surface area contributed by atoms with Crippen LogP contribution in [0.4, 0.5) is 11.8 Å². The average molecular weight is 341 g/mol. The van der Waals surface area contributed by atoms with Crippen LogP contribution in [0.2, 0.25) is 0 Å². The van der Waals surface area contributed by atoms with E-state index in [1.54, 1.807) is 6.20 Å². The van der Waals surface area contributed by atoms with Crippen LogP contribution in [0.1, 0.15) is 31.9 Å². The summed E-state index contributed by atoms with van der Waals surface area (Å²) in [6, 6.07) is 5.60. The number of nitrogens with zero attached hydrogens (tertiary/aromatic N) is 5. The summed E-state index contributed by atoms with van der Waals surface area (Å²) in [5, 5.41) is 21.0. The smallest absolute Gasteiger partial charge is 0.222 e. The second-order valence-electron chi connectivity index (χ2n) is 5.99. The number of aromatic nitrogens is 5. The lowest BCUT2D eigenvalue weighted by Crippen LogP contribution is -2.25. The van der Waals surface area contributed by atoms with Crippen molar-refractivity contribution in [2.75, 3.05) is 17.7 Å². The standard InChI is InChI=1S/C17H23N7O/c1-2-3-5-13(11-25)20-16-15-14(21-17(18)22-16)7-9-24(15)10-12-6-4-8-19-23-12/h4,6-9,13,25H,2-3,5,10-11H2,1H3,(H3,18,20,21,22)/t13-/m0/s1. The summed E-state index contributed by atoms with van der Waals surface area (Å²) in [4.78, 5) is 8.66. The maximum Gasteiger partial charge on any atom is 0.222 e. The van der Waals surface area contributed by atoms with E-state index in [0.717, 1.165) is 36.0 Å². The van der Waals surface area contributed by atoms with E-state index in [0.29, 0.717) is 12.4 Å². The summed E-state index contributed by atoms with van der Waals surface area (Å²) < 4.78 is 2.01. The quantitative estimate of drug-likeness (QED) is 0.572. The second kappa shape index (κ2) is 7.89. The Morgan fingerprint density at radius 2 is 2.20 bits per heavy atom. The maximum absolute atomic E-state index is 9.65. The minimum Gasteiger partial charge on any atom is -0.394 e. The molecule has 0 saturated carbocycles. The van der Waals surface area contributed by atoms with Gasteiger partial charge in [0, 0.05) is 12.4 Å². The van der Waals surface area contributed by atoms with Crippen LogP contribution in [0.15, 0.2) is 30.6 Å². The van der Waals surface area contributed by atoms with E-state index in [-0.39, 0.29) is 18.6 Å². The fourth-order valence-electron chi connectivity index (χ4n) is 2.80. The Balaban J connectivity index is 1.94. The first-order valence-corrected chi connectivity index (χ1v) is 8.47. The lowest BCUT2D eigenvalue weighted by atomic mass is 10.1. The van der Waals surface area contributed by atoms with Gasteiger partial charge in [-0.1, -0.05) is 19.8 Å². The van der Waals surface area contributed by atoms with Crippen LogP contribution in [0, 0.1) is 0 Å². The van der Waals surface area contributed by atoms with Gasteiger partial charge in [0.25, 0.3) is 0 Å². The molecule has 132 valence electrons. The average Bonchev–Trinajstić information content (AvgIpc) is 3.02. The minimum atomic E-state index is -0.0719. The third-order valence-corrected chi connectivity index (χ3v) is 4.06. The molecule has 3 heterocycles. The number of unbranched alkanes of at least 4 members (excludes halogenated alkanes) is 1. The van der Waals surface area contributed by atoms with Gasteiger partial charge in [-0.25, -0.2) is 4.98 Å². The predicted molar refractivity (Wildman–Crippen MR) is 97.1 cm³/mol. The van der Waals surface area contributed by atoms with Gasteiger partial charge < -0.3 is 20.7 Å². The van der Waals surface area contributed by atoms with Gasteiger partial charge in [0.1, 0.15) is 5.52 Å². The Kier molecular flexibility index (Phi) is 5.39. The SMILES string of the molecule is CCCC[C@@H](CO)Nc1nc(N)nc2ccn(Cc3cccnn3)c12. The van der Waals surface area contributed by atoms with Crippen molar-refractivity contribution < 1.29 is 5.11 Å². The van der Waals surface area contributed by atoms with Crippen LogP contribution in [0.25, 0.3) is 11.0 Å². The molecule has 0 aromatic carbocycles. The molecule has 8 heteroatoms. The van der Waals surface area contributed by atoms with Crippen molar-refractivity contribution in [3.05, 3.63) is 36.3 Å². The van der Waals surface area contributed by atoms with Gasteiger partial charge in [-0.2, -0.15) is 15.2 Å². The number of hydrogen-bond donors (Lipinski definition) is 3. The van der Waals surface area contributed by atoms with Gasteiger partial charge in [0.2, 0.25) is 5.95 Å². The molecule has 0 amide bonds. The van der Waals surface area contributed by atoms with Crippen molar-refractivity contribution in [2.45, 2.75) is 38.8 Å². The molecule has 8 nitrogen and oxygen atoms in total. The van der Waals surface area contributed by atoms with Crippen molar-refractivity contribution in [2.24, 2.45) is 0 Å². The van der Waals surface area contributed by atoms with Gasteiger partial charge >= 0.3 is 0 Å². The molecule has 3 aromatic heterocycles. The number of nitrogen functional groups attached to an aromatic ring is 1. The summed E-state index contributed by atoms with van der Waals surface area (Å²) in [5.41, 5.74) is 8.29. The van der Waals surface area contributed by atoms with Crippen molar-refractivity contribution in [1.82, 2.24) is 24.7 Å². The summed E-state index contributed by atoms with van der Waals surface area (Å²) >= 11 is 0.